The molecule has 1 aromatic rings. The monoisotopic (exact) mass is 221 g/mol. The Morgan fingerprint density at radius 1 is 1.44 bits per heavy atom. The van der Waals surface area contributed by atoms with E-state index >= 15 is 0 Å². The standard InChI is InChI=1S/C13H19NO2/c1-3-6-10(2)9-13(16)14-11-7-4-5-8-12(11)15/h4-5,7-8,10,15H,3,6,9H2,1-2H3,(H,14,16). The van der Waals surface area contributed by atoms with Crippen LogP contribution in [0.25, 0.3) is 0 Å². The van der Waals surface area contributed by atoms with E-state index < -0.39 is 0 Å². The van der Waals surface area contributed by atoms with Gasteiger partial charge >= 0.3 is 0 Å². The van der Waals surface area contributed by atoms with E-state index in [1.54, 1.807) is 24.3 Å². The molecule has 16 heavy (non-hydrogen) atoms. The van der Waals surface area contributed by atoms with Crippen LogP contribution in [0.2, 0.25) is 0 Å². The molecule has 0 bridgehead atoms. The Morgan fingerprint density at radius 2 is 2.12 bits per heavy atom. The Labute approximate surface area is 96.5 Å². The fourth-order valence-corrected chi connectivity index (χ4v) is 1.69. The molecule has 2 N–H and O–H groups in total. The molecule has 88 valence electrons. The molecule has 0 aliphatic rings. The quantitative estimate of drug-likeness (QED) is 0.750. The number of para-hydroxylation sites is 2. The van der Waals surface area contributed by atoms with Crippen LogP contribution in [0.15, 0.2) is 24.3 Å². The third-order valence-electron chi connectivity index (χ3n) is 2.49. The summed E-state index contributed by atoms with van der Waals surface area (Å²) in [7, 11) is 0. The van der Waals surface area contributed by atoms with Crippen molar-refractivity contribution in [3.8, 4) is 5.75 Å². The van der Waals surface area contributed by atoms with Gasteiger partial charge in [0.05, 0.1) is 5.69 Å². The van der Waals surface area contributed by atoms with E-state index in [0.29, 0.717) is 18.0 Å². The molecule has 1 unspecified atom stereocenters. The maximum absolute atomic E-state index is 11.6. The number of carbonyl (C=O) groups excluding carboxylic acids is 1. The smallest absolute Gasteiger partial charge is 0.224 e. The van der Waals surface area contributed by atoms with Crippen LogP contribution in [0, 0.1) is 5.92 Å². The fraction of sp³-hybridized carbons (Fsp3) is 0.462. The van der Waals surface area contributed by atoms with Crippen molar-refractivity contribution < 1.29 is 9.90 Å². The summed E-state index contributed by atoms with van der Waals surface area (Å²) in [5, 5.41) is 12.2. The third kappa shape index (κ3) is 3.93. The largest absolute Gasteiger partial charge is 0.506 e. The summed E-state index contributed by atoms with van der Waals surface area (Å²) in [5.41, 5.74) is 0.483. The lowest BCUT2D eigenvalue weighted by Crippen LogP contribution is -2.15. The molecule has 1 rings (SSSR count). The average molecular weight is 221 g/mol. The molecule has 1 aromatic carbocycles. The van der Waals surface area contributed by atoms with Gasteiger partial charge < -0.3 is 10.4 Å². The molecule has 1 amide bonds. The topological polar surface area (TPSA) is 49.3 Å². The van der Waals surface area contributed by atoms with Gasteiger partial charge in [-0.2, -0.15) is 0 Å². The van der Waals surface area contributed by atoms with Gasteiger partial charge in [-0.3, -0.25) is 4.79 Å². The Kier molecular flexibility index (Phi) is 4.83. The number of rotatable bonds is 5. The summed E-state index contributed by atoms with van der Waals surface area (Å²) in [6.45, 7) is 4.17. The van der Waals surface area contributed by atoms with Crippen LogP contribution in [0.3, 0.4) is 0 Å². The molecule has 3 heteroatoms. The molecule has 0 aromatic heterocycles. The number of amides is 1. The van der Waals surface area contributed by atoms with E-state index in [9.17, 15) is 9.90 Å². The number of aromatic hydroxyl groups is 1. The third-order valence-corrected chi connectivity index (χ3v) is 2.49. The summed E-state index contributed by atoms with van der Waals surface area (Å²) >= 11 is 0. The van der Waals surface area contributed by atoms with Crippen molar-refractivity contribution >= 4 is 11.6 Å². The molecule has 0 radical (unpaired) electrons. The molecular formula is C13H19NO2. The summed E-state index contributed by atoms with van der Waals surface area (Å²) in [6, 6.07) is 6.76. The van der Waals surface area contributed by atoms with Gasteiger partial charge in [-0.15, -0.1) is 0 Å². The average Bonchev–Trinajstić information content (AvgIpc) is 2.21. The molecule has 0 spiro atoms. The van der Waals surface area contributed by atoms with Gasteiger partial charge in [0, 0.05) is 6.42 Å². The van der Waals surface area contributed by atoms with Crippen molar-refractivity contribution in [2.75, 3.05) is 5.32 Å². The summed E-state index contributed by atoms with van der Waals surface area (Å²) in [5.74, 6) is 0.456. The van der Waals surface area contributed by atoms with E-state index in [1.165, 1.54) is 0 Å². The first-order valence-corrected chi connectivity index (χ1v) is 5.71. The SMILES string of the molecule is CCCC(C)CC(=O)Nc1ccccc1O. The number of hydrogen-bond donors (Lipinski definition) is 2. The van der Waals surface area contributed by atoms with Crippen molar-refractivity contribution in [2.24, 2.45) is 5.92 Å². The van der Waals surface area contributed by atoms with Crippen molar-refractivity contribution in [1.82, 2.24) is 0 Å². The Hall–Kier alpha value is -1.51. The Balaban J connectivity index is 2.49. The molecular weight excluding hydrogens is 202 g/mol. The maximum atomic E-state index is 11.6. The lowest BCUT2D eigenvalue weighted by Gasteiger charge is -2.11. The van der Waals surface area contributed by atoms with Gasteiger partial charge in [0.1, 0.15) is 5.75 Å². The van der Waals surface area contributed by atoms with Crippen LogP contribution in [-0.4, -0.2) is 11.0 Å². The first-order valence-electron chi connectivity index (χ1n) is 5.71. The Morgan fingerprint density at radius 3 is 2.75 bits per heavy atom. The van der Waals surface area contributed by atoms with Gasteiger partial charge in [0.2, 0.25) is 5.91 Å². The van der Waals surface area contributed by atoms with Gasteiger partial charge in [0.15, 0.2) is 0 Å². The number of anilines is 1. The summed E-state index contributed by atoms with van der Waals surface area (Å²) in [4.78, 5) is 11.6. The number of carbonyl (C=O) groups is 1. The molecule has 1 atom stereocenters. The molecule has 3 nitrogen and oxygen atoms in total. The van der Waals surface area contributed by atoms with E-state index in [2.05, 4.69) is 19.2 Å². The van der Waals surface area contributed by atoms with Crippen molar-refractivity contribution in [3.63, 3.8) is 0 Å². The van der Waals surface area contributed by atoms with Crippen LogP contribution in [0.5, 0.6) is 5.75 Å². The number of phenolic OH excluding ortho intramolecular Hbond substituents is 1. The second-order valence-electron chi connectivity index (χ2n) is 4.16. The first-order chi connectivity index (χ1) is 7.63. The second-order valence-corrected chi connectivity index (χ2v) is 4.16. The highest BCUT2D eigenvalue weighted by Gasteiger charge is 2.09. The normalized spacial score (nSPS) is 12.1. The van der Waals surface area contributed by atoms with Crippen molar-refractivity contribution in [1.29, 1.82) is 0 Å². The highest BCUT2D eigenvalue weighted by Crippen LogP contribution is 2.22. The van der Waals surface area contributed by atoms with Gasteiger partial charge in [-0.1, -0.05) is 38.8 Å². The predicted molar refractivity (Wildman–Crippen MR) is 65.4 cm³/mol. The fourth-order valence-electron chi connectivity index (χ4n) is 1.69. The van der Waals surface area contributed by atoms with E-state index in [0.717, 1.165) is 12.8 Å². The number of nitrogens with one attached hydrogen (secondary N) is 1. The lowest BCUT2D eigenvalue weighted by atomic mass is 10.0. The number of benzene rings is 1. The first kappa shape index (κ1) is 12.6. The molecule has 0 saturated heterocycles. The van der Waals surface area contributed by atoms with Gasteiger partial charge in [0.25, 0.3) is 0 Å². The zero-order chi connectivity index (χ0) is 12.0. The number of hydrogen-bond acceptors (Lipinski definition) is 2. The predicted octanol–water partition coefficient (Wildman–Crippen LogP) is 3.16. The molecule has 0 heterocycles. The Bertz CT molecular complexity index is 350. The minimum atomic E-state index is -0.0394. The van der Waals surface area contributed by atoms with E-state index in [-0.39, 0.29) is 11.7 Å². The van der Waals surface area contributed by atoms with Crippen molar-refractivity contribution in [2.45, 2.75) is 33.1 Å². The molecule has 0 aliphatic heterocycles. The summed E-state index contributed by atoms with van der Waals surface area (Å²) < 4.78 is 0. The van der Waals surface area contributed by atoms with Crippen LogP contribution in [0.4, 0.5) is 5.69 Å². The van der Waals surface area contributed by atoms with Gasteiger partial charge in [-0.05, 0) is 18.1 Å². The van der Waals surface area contributed by atoms with Gasteiger partial charge in [-0.25, -0.2) is 0 Å². The van der Waals surface area contributed by atoms with Crippen LogP contribution < -0.4 is 5.32 Å². The van der Waals surface area contributed by atoms with E-state index in [4.69, 9.17) is 0 Å². The molecule has 0 fully saturated rings. The molecule has 0 saturated carbocycles. The summed E-state index contributed by atoms with van der Waals surface area (Å²) in [6.07, 6.45) is 2.64. The minimum absolute atomic E-state index is 0.0394. The number of phenols is 1. The second kappa shape index (κ2) is 6.16. The van der Waals surface area contributed by atoms with Crippen molar-refractivity contribution in [3.05, 3.63) is 24.3 Å². The molecule has 0 aliphatic carbocycles. The van der Waals surface area contributed by atoms with E-state index in [1.807, 2.05) is 0 Å². The minimum Gasteiger partial charge on any atom is -0.506 e. The van der Waals surface area contributed by atoms with Crippen LogP contribution in [0.1, 0.15) is 33.1 Å². The zero-order valence-electron chi connectivity index (χ0n) is 9.86. The lowest BCUT2D eigenvalue weighted by molar-refractivity contribution is -0.117. The van der Waals surface area contributed by atoms with Crippen LogP contribution >= 0.6 is 0 Å². The maximum Gasteiger partial charge on any atom is 0.224 e. The van der Waals surface area contributed by atoms with Crippen LogP contribution in [-0.2, 0) is 4.79 Å². The highest BCUT2D eigenvalue weighted by molar-refractivity contribution is 5.92. The highest BCUT2D eigenvalue weighted by atomic mass is 16.3. The zero-order valence-corrected chi connectivity index (χ0v) is 9.86.